The van der Waals surface area contributed by atoms with Gasteiger partial charge in [0, 0.05) is 23.2 Å². The second kappa shape index (κ2) is 7.00. The van der Waals surface area contributed by atoms with Crippen molar-refractivity contribution in [2.75, 3.05) is 26.7 Å². The minimum Gasteiger partial charge on any atom is -0.352 e. The average Bonchev–Trinajstić information content (AvgIpc) is 2.46. The molecule has 1 aromatic carbocycles. The van der Waals surface area contributed by atoms with Crippen LogP contribution in [0.4, 0.5) is 5.69 Å². The minimum atomic E-state index is -0.500. The first-order valence-corrected chi connectivity index (χ1v) is 7.67. The van der Waals surface area contributed by atoms with E-state index in [0.717, 1.165) is 25.9 Å². The maximum atomic E-state index is 12.2. The maximum Gasteiger partial charge on any atom is 0.270 e. The molecular formula is C14H18BrN3O3. The molecular weight excluding hydrogens is 338 g/mol. The van der Waals surface area contributed by atoms with Gasteiger partial charge in [-0.15, -0.1) is 0 Å². The number of rotatable bonds is 4. The third-order valence-electron chi connectivity index (χ3n) is 3.79. The van der Waals surface area contributed by atoms with Gasteiger partial charge in [-0.3, -0.25) is 14.9 Å². The van der Waals surface area contributed by atoms with E-state index in [0.29, 0.717) is 22.5 Å². The Kier molecular flexibility index (Phi) is 5.30. The number of nitro benzene ring substituents is 1. The van der Waals surface area contributed by atoms with Crippen molar-refractivity contribution in [1.29, 1.82) is 0 Å². The van der Waals surface area contributed by atoms with Gasteiger partial charge in [0.2, 0.25) is 0 Å². The predicted octanol–water partition coefficient (Wildman–Crippen LogP) is 2.43. The topological polar surface area (TPSA) is 75.5 Å². The number of non-ortho nitro benzene ring substituents is 1. The van der Waals surface area contributed by atoms with Crippen LogP contribution in [-0.4, -0.2) is 42.4 Å². The van der Waals surface area contributed by atoms with Crippen LogP contribution in [0.5, 0.6) is 0 Å². The van der Waals surface area contributed by atoms with E-state index in [1.165, 1.54) is 18.2 Å². The zero-order valence-electron chi connectivity index (χ0n) is 11.8. The summed E-state index contributed by atoms with van der Waals surface area (Å²) in [6.45, 7) is 2.70. The lowest BCUT2D eigenvalue weighted by Crippen LogP contribution is -2.37. The molecule has 1 N–H and O–H groups in total. The smallest absolute Gasteiger partial charge is 0.270 e. The standard InChI is InChI=1S/C14H18BrN3O3/c1-17-6-4-10(5-7-17)9-16-14(19)12-8-11(18(20)21)2-3-13(12)15/h2-3,8,10H,4-7,9H2,1H3,(H,16,19). The first-order chi connectivity index (χ1) is 9.97. The van der Waals surface area contributed by atoms with Gasteiger partial charge in [0.15, 0.2) is 0 Å². The van der Waals surface area contributed by atoms with Crippen LogP contribution in [0.3, 0.4) is 0 Å². The van der Waals surface area contributed by atoms with Gasteiger partial charge in [0.1, 0.15) is 0 Å². The predicted molar refractivity (Wildman–Crippen MR) is 83.4 cm³/mol. The lowest BCUT2D eigenvalue weighted by molar-refractivity contribution is -0.384. The SMILES string of the molecule is CN1CCC(CNC(=O)c2cc([N+](=O)[O-])ccc2Br)CC1. The zero-order valence-corrected chi connectivity index (χ0v) is 13.4. The molecule has 0 bridgehead atoms. The van der Waals surface area contributed by atoms with Crippen molar-refractivity contribution >= 4 is 27.5 Å². The van der Waals surface area contributed by atoms with Crippen molar-refractivity contribution in [3.63, 3.8) is 0 Å². The molecule has 7 heteroatoms. The van der Waals surface area contributed by atoms with Crippen LogP contribution >= 0.6 is 15.9 Å². The van der Waals surface area contributed by atoms with Crippen LogP contribution in [-0.2, 0) is 0 Å². The van der Waals surface area contributed by atoms with Crippen LogP contribution < -0.4 is 5.32 Å². The first kappa shape index (κ1) is 15.9. The molecule has 1 heterocycles. The van der Waals surface area contributed by atoms with Crippen LogP contribution in [0.2, 0.25) is 0 Å². The number of carbonyl (C=O) groups excluding carboxylic acids is 1. The number of hydrogen-bond donors (Lipinski definition) is 1. The summed E-state index contributed by atoms with van der Waals surface area (Å²) in [5.74, 6) is 0.201. The molecule has 114 valence electrons. The fraction of sp³-hybridized carbons (Fsp3) is 0.500. The Morgan fingerprint density at radius 2 is 2.14 bits per heavy atom. The van der Waals surface area contributed by atoms with Gasteiger partial charge in [-0.05, 0) is 60.9 Å². The Balaban J connectivity index is 1.97. The number of hydrogen-bond acceptors (Lipinski definition) is 4. The monoisotopic (exact) mass is 355 g/mol. The van der Waals surface area contributed by atoms with Crippen LogP contribution in [0.15, 0.2) is 22.7 Å². The van der Waals surface area contributed by atoms with Crippen molar-refractivity contribution < 1.29 is 9.72 Å². The van der Waals surface area contributed by atoms with Gasteiger partial charge in [-0.1, -0.05) is 0 Å². The Morgan fingerprint density at radius 3 is 2.76 bits per heavy atom. The van der Waals surface area contributed by atoms with Crippen LogP contribution in [0.25, 0.3) is 0 Å². The number of likely N-dealkylation sites (tertiary alicyclic amines) is 1. The Hall–Kier alpha value is -1.47. The molecule has 0 unspecified atom stereocenters. The van der Waals surface area contributed by atoms with Crippen molar-refractivity contribution in [2.45, 2.75) is 12.8 Å². The summed E-state index contributed by atoms with van der Waals surface area (Å²) >= 11 is 3.26. The summed E-state index contributed by atoms with van der Waals surface area (Å²) in [4.78, 5) is 24.7. The average molecular weight is 356 g/mol. The van der Waals surface area contributed by atoms with Crippen LogP contribution in [0.1, 0.15) is 23.2 Å². The van der Waals surface area contributed by atoms with Gasteiger partial charge >= 0.3 is 0 Å². The second-order valence-electron chi connectivity index (χ2n) is 5.38. The number of carbonyl (C=O) groups is 1. The van der Waals surface area contributed by atoms with Gasteiger partial charge in [0.05, 0.1) is 10.5 Å². The van der Waals surface area contributed by atoms with E-state index in [4.69, 9.17) is 0 Å². The third-order valence-corrected chi connectivity index (χ3v) is 4.49. The third kappa shape index (κ3) is 4.25. The lowest BCUT2D eigenvalue weighted by atomic mass is 9.97. The molecule has 1 amide bonds. The van der Waals surface area contributed by atoms with E-state index in [1.807, 2.05) is 0 Å². The largest absolute Gasteiger partial charge is 0.352 e. The van der Waals surface area contributed by atoms with Gasteiger partial charge in [0.25, 0.3) is 11.6 Å². The van der Waals surface area contributed by atoms with Crippen molar-refractivity contribution in [2.24, 2.45) is 5.92 Å². The Bertz CT molecular complexity index is 542. The number of piperidine rings is 1. The van der Waals surface area contributed by atoms with Crippen LogP contribution in [0, 0.1) is 16.0 Å². The summed E-state index contributed by atoms with van der Waals surface area (Å²) in [6, 6.07) is 4.20. The highest BCUT2D eigenvalue weighted by Crippen LogP contribution is 2.23. The fourth-order valence-corrected chi connectivity index (χ4v) is 2.83. The number of amides is 1. The Labute approximate surface area is 131 Å². The molecule has 6 nitrogen and oxygen atoms in total. The minimum absolute atomic E-state index is 0.0809. The van der Waals surface area contributed by atoms with Crippen molar-refractivity contribution in [3.05, 3.63) is 38.3 Å². The second-order valence-corrected chi connectivity index (χ2v) is 6.23. The summed E-state index contributed by atoms with van der Waals surface area (Å²) in [6.07, 6.45) is 2.12. The first-order valence-electron chi connectivity index (χ1n) is 6.88. The van der Waals surface area contributed by atoms with E-state index >= 15 is 0 Å². The lowest BCUT2D eigenvalue weighted by Gasteiger charge is -2.28. The highest BCUT2D eigenvalue weighted by molar-refractivity contribution is 9.10. The van der Waals surface area contributed by atoms with E-state index < -0.39 is 4.92 Å². The summed E-state index contributed by atoms with van der Waals surface area (Å²) in [5.41, 5.74) is 0.222. The fourth-order valence-electron chi connectivity index (χ4n) is 2.40. The number of halogens is 1. The summed E-state index contributed by atoms with van der Waals surface area (Å²) in [5, 5.41) is 13.7. The molecule has 0 radical (unpaired) electrons. The molecule has 21 heavy (non-hydrogen) atoms. The summed E-state index contributed by atoms with van der Waals surface area (Å²) in [7, 11) is 2.09. The normalized spacial score (nSPS) is 16.7. The molecule has 0 spiro atoms. The number of nitro groups is 1. The quantitative estimate of drug-likeness (QED) is 0.664. The number of nitrogens with zero attached hydrogens (tertiary/aromatic N) is 2. The highest BCUT2D eigenvalue weighted by Gasteiger charge is 2.19. The molecule has 1 saturated heterocycles. The highest BCUT2D eigenvalue weighted by atomic mass is 79.9. The van der Waals surface area contributed by atoms with Gasteiger partial charge in [-0.25, -0.2) is 0 Å². The molecule has 0 atom stereocenters. The molecule has 1 aliphatic rings. The van der Waals surface area contributed by atoms with Crippen molar-refractivity contribution in [1.82, 2.24) is 10.2 Å². The molecule has 0 aliphatic carbocycles. The molecule has 0 aromatic heterocycles. The number of nitrogens with one attached hydrogen (secondary N) is 1. The van der Waals surface area contributed by atoms with Crippen molar-refractivity contribution in [3.8, 4) is 0 Å². The zero-order chi connectivity index (χ0) is 15.4. The molecule has 1 fully saturated rings. The molecule has 1 aromatic rings. The molecule has 1 aliphatic heterocycles. The van der Waals surface area contributed by atoms with E-state index in [-0.39, 0.29) is 11.6 Å². The summed E-state index contributed by atoms with van der Waals surface area (Å²) < 4.78 is 0.564. The Morgan fingerprint density at radius 1 is 1.48 bits per heavy atom. The molecule has 2 rings (SSSR count). The van der Waals surface area contributed by atoms with Gasteiger partial charge < -0.3 is 10.2 Å². The molecule has 0 saturated carbocycles. The van der Waals surface area contributed by atoms with E-state index in [1.54, 1.807) is 0 Å². The van der Waals surface area contributed by atoms with E-state index in [2.05, 4.69) is 33.2 Å². The van der Waals surface area contributed by atoms with Gasteiger partial charge in [-0.2, -0.15) is 0 Å². The number of benzene rings is 1. The van der Waals surface area contributed by atoms with E-state index in [9.17, 15) is 14.9 Å². The maximum absolute atomic E-state index is 12.2.